The van der Waals surface area contributed by atoms with E-state index in [9.17, 15) is 9.59 Å². The maximum atomic E-state index is 11.7. The van der Waals surface area contributed by atoms with Crippen LogP contribution < -0.4 is 0 Å². The van der Waals surface area contributed by atoms with Gasteiger partial charge in [0.15, 0.2) is 0 Å². The summed E-state index contributed by atoms with van der Waals surface area (Å²) >= 11 is 5.77. The van der Waals surface area contributed by atoms with Crippen LogP contribution in [0.4, 0.5) is 0 Å². The maximum absolute atomic E-state index is 11.7. The van der Waals surface area contributed by atoms with Crippen molar-refractivity contribution < 1.29 is 19.1 Å². The normalized spacial score (nSPS) is 22.2. The second kappa shape index (κ2) is 5.12. The van der Waals surface area contributed by atoms with Gasteiger partial charge in [-0.1, -0.05) is 23.7 Å². The van der Waals surface area contributed by atoms with Gasteiger partial charge in [-0.15, -0.1) is 0 Å². The lowest BCUT2D eigenvalue weighted by Crippen LogP contribution is -2.19. The Bertz CT molecular complexity index is 535. The Balaban J connectivity index is 2.29. The predicted molar refractivity (Wildman–Crippen MR) is 63.1 cm³/mol. The molecule has 0 radical (unpaired) electrons. The Morgan fingerprint density at radius 1 is 1.44 bits per heavy atom. The number of Topliss-reactive ketones (excluding diaryl/α,β-unsaturated/α-hetero) is 1. The quantitative estimate of drug-likeness (QED) is 0.361. The van der Waals surface area contributed by atoms with Crippen LogP contribution in [0.2, 0.25) is 5.02 Å². The minimum atomic E-state index is -0.658. The third-order valence-corrected chi connectivity index (χ3v) is 3.01. The average molecular weight is 265 g/mol. The lowest BCUT2D eigenvalue weighted by Gasteiger charge is -2.14. The zero-order valence-corrected chi connectivity index (χ0v) is 10.0. The van der Waals surface area contributed by atoms with Crippen molar-refractivity contribution in [3.05, 3.63) is 40.4 Å². The van der Waals surface area contributed by atoms with E-state index in [4.69, 9.17) is 21.9 Å². The summed E-state index contributed by atoms with van der Waals surface area (Å²) in [5.74, 6) is -1.54. The van der Waals surface area contributed by atoms with Gasteiger partial charge in [-0.2, -0.15) is 4.79 Å². The molecule has 1 saturated heterocycles. The fourth-order valence-corrected chi connectivity index (χ4v) is 2.04. The third-order valence-electron chi connectivity index (χ3n) is 2.76. The highest BCUT2D eigenvalue weighted by atomic mass is 35.5. The predicted octanol–water partition coefficient (Wildman–Crippen LogP) is 1.81. The van der Waals surface area contributed by atoms with Crippen LogP contribution >= 0.6 is 11.6 Å². The number of benzene rings is 1. The van der Waals surface area contributed by atoms with Crippen molar-refractivity contribution in [1.29, 1.82) is 0 Å². The van der Waals surface area contributed by atoms with Gasteiger partial charge in [0, 0.05) is 5.02 Å². The first-order valence-corrected chi connectivity index (χ1v) is 5.66. The van der Waals surface area contributed by atoms with E-state index in [2.05, 4.69) is 4.79 Å². The first-order chi connectivity index (χ1) is 8.61. The van der Waals surface area contributed by atoms with E-state index in [1.807, 2.05) is 0 Å². The van der Waals surface area contributed by atoms with Crippen LogP contribution in [-0.2, 0) is 14.3 Å². The summed E-state index contributed by atoms with van der Waals surface area (Å²) < 4.78 is 5.12. The highest BCUT2D eigenvalue weighted by Gasteiger charge is 2.41. The SMILES string of the molecule is [N-]=[N+]=CC(=O)[C@@H]1CC(=O)O[C@H]1c1ccc(Cl)cc1. The molecule has 0 unspecified atom stereocenters. The number of nitrogens with zero attached hydrogens (tertiary/aromatic N) is 2. The molecule has 1 aliphatic heterocycles. The number of halogens is 1. The zero-order chi connectivity index (χ0) is 13.1. The van der Waals surface area contributed by atoms with Crippen LogP contribution in [-0.4, -0.2) is 22.8 Å². The molecule has 18 heavy (non-hydrogen) atoms. The second-order valence-corrected chi connectivity index (χ2v) is 4.36. The van der Waals surface area contributed by atoms with Crippen LogP contribution in [0, 0.1) is 5.92 Å². The molecule has 6 heteroatoms. The number of hydrogen-bond acceptors (Lipinski definition) is 3. The Morgan fingerprint density at radius 3 is 2.72 bits per heavy atom. The average Bonchev–Trinajstić information content (AvgIpc) is 2.73. The van der Waals surface area contributed by atoms with Gasteiger partial charge in [0.2, 0.25) is 5.78 Å². The summed E-state index contributed by atoms with van der Waals surface area (Å²) in [5.41, 5.74) is 9.05. The van der Waals surface area contributed by atoms with Gasteiger partial charge in [0.05, 0.1) is 12.3 Å². The van der Waals surface area contributed by atoms with Crippen molar-refractivity contribution in [2.45, 2.75) is 12.5 Å². The summed E-state index contributed by atoms with van der Waals surface area (Å²) in [6, 6.07) is 6.71. The number of hydrogen-bond donors (Lipinski definition) is 0. The molecule has 0 aromatic heterocycles. The number of cyclic esters (lactones) is 1. The van der Waals surface area contributed by atoms with Crippen molar-refractivity contribution >= 4 is 29.6 Å². The summed E-state index contributed by atoms with van der Waals surface area (Å²) in [6.45, 7) is 0. The fraction of sp³-hybridized carbons (Fsp3) is 0.250. The summed E-state index contributed by atoms with van der Waals surface area (Å²) in [7, 11) is 0. The standard InChI is InChI=1S/C12H9ClN2O3/c13-8-3-1-7(2-4-8)12-9(5-11(17)18-12)10(16)6-15-14/h1-4,6,9,12H,5H2/t9-,12-/m0/s1. The largest absolute Gasteiger partial charge is 0.457 e. The summed E-state index contributed by atoms with van der Waals surface area (Å²) in [4.78, 5) is 25.7. The Kier molecular flexibility index (Phi) is 3.55. The van der Waals surface area contributed by atoms with Crippen molar-refractivity contribution in [1.82, 2.24) is 0 Å². The molecular formula is C12H9ClN2O3. The van der Waals surface area contributed by atoms with Gasteiger partial charge < -0.3 is 10.3 Å². The molecule has 1 fully saturated rings. The molecule has 1 aromatic carbocycles. The topological polar surface area (TPSA) is 79.8 Å². The van der Waals surface area contributed by atoms with Gasteiger partial charge in [-0.05, 0) is 17.7 Å². The van der Waals surface area contributed by atoms with E-state index in [1.54, 1.807) is 24.3 Å². The molecule has 2 atom stereocenters. The Hall–Kier alpha value is -1.97. The van der Waals surface area contributed by atoms with E-state index in [0.29, 0.717) is 10.6 Å². The number of esters is 1. The number of carbonyl (C=O) groups excluding carboxylic acids is 2. The first kappa shape index (κ1) is 12.5. The van der Waals surface area contributed by atoms with Crippen molar-refractivity contribution in [3.8, 4) is 0 Å². The molecule has 0 aliphatic carbocycles. The molecule has 92 valence electrons. The fourth-order valence-electron chi connectivity index (χ4n) is 1.91. The highest BCUT2D eigenvalue weighted by molar-refractivity contribution is 6.30. The van der Waals surface area contributed by atoms with Gasteiger partial charge in [0.1, 0.15) is 6.10 Å². The van der Waals surface area contributed by atoms with Crippen LogP contribution in [0.5, 0.6) is 0 Å². The lowest BCUT2D eigenvalue weighted by atomic mass is 9.92. The monoisotopic (exact) mass is 264 g/mol. The van der Waals surface area contributed by atoms with Crippen molar-refractivity contribution in [2.24, 2.45) is 5.92 Å². The van der Waals surface area contributed by atoms with Gasteiger partial charge in [-0.3, -0.25) is 9.59 Å². The Morgan fingerprint density at radius 2 is 2.11 bits per heavy atom. The molecule has 0 saturated carbocycles. The number of ether oxygens (including phenoxy) is 1. The van der Waals surface area contributed by atoms with Gasteiger partial charge in [-0.25, -0.2) is 0 Å². The van der Waals surface area contributed by atoms with Crippen LogP contribution in [0.3, 0.4) is 0 Å². The molecule has 1 heterocycles. The molecule has 0 N–H and O–H groups in total. The van der Waals surface area contributed by atoms with E-state index >= 15 is 0 Å². The second-order valence-electron chi connectivity index (χ2n) is 3.92. The zero-order valence-electron chi connectivity index (χ0n) is 9.25. The van der Waals surface area contributed by atoms with E-state index in [-0.39, 0.29) is 6.42 Å². The summed E-state index contributed by atoms with van der Waals surface area (Å²) in [5, 5.41) is 0.558. The highest BCUT2D eigenvalue weighted by Crippen LogP contribution is 2.35. The maximum Gasteiger partial charge on any atom is 0.323 e. The number of carbonyl (C=O) groups is 2. The van der Waals surface area contributed by atoms with E-state index in [1.165, 1.54) is 0 Å². The number of rotatable bonds is 3. The van der Waals surface area contributed by atoms with Crippen LogP contribution in [0.25, 0.3) is 5.53 Å². The summed E-state index contributed by atoms with van der Waals surface area (Å²) in [6.07, 6.45) is 0.119. The molecule has 0 spiro atoms. The van der Waals surface area contributed by atoms with Gasteiger partial charge in [0.25, 0.3) is 0 Å². The van der Waals surface area contributed by atoms with E-state index < -0.39 is 23.8 Å². The lowest BCUT2D eigenvalue weighted by molar-refractivity contribution is -0.141. The molecule has 2 rings (SSSR count). The molecule has 0 amide bonds. The molecule has 0 bridgehead atoms. The van der Waals surface area contributed by atoms with Crippen LogP contribution in [0.15, 0.2) is 24.3 Å². The van der Waals surface area contributed by atoms with Gasteiger partial charge >= 0.3 is 12.2 Å². The Labute approximate surface area is 108 Å². The number of ketones is 1. The smallest absolute Gasteiger partial charge is 0.323 e. The van der Waals surface area contributed by atoms with Crippen molar-refractivity contribution in [3.63, 3.8) is 0 Å². The molecular weight excluding hydrogens is 256 g/mol. The van der Waals surface area contributed by atoms with E-state index in [0.717, 1.165) is 6.21 Å². The molecule has 1 aliphatic rings. The molecule has 1 aromatic rings. The van der Waals surface area contributed by atoms with Crippen molar-refractivity contribution in [2.75, 3.05) is 0 Å². The third kappa shape index (κ3) is 2.47. The molecule has 5 nitrogen and oxygen atoms in total. The first-order valence-electron chi connectivity index (χ1n) is 5.28. The minimum Gasteiger partial charge on any atom is -0.457 e. The minimum absolute atomic E-state index is 0.0157. The van der Waals surface area contributed by atoms with Crippen LogP contribution in [0.1, 0.15) is 18.1 Å².